The van der Waals surface area contributed by atoms with E-state index in [0.29, 0.717) is 13.0 Å². The minimum absolute atomic E-state index is 0.0583. The van der Waals surface area contributed by atoms with E-state index in [-0.39, 0.29) is 5.91 Å². The molecule has 0 bridgehead atoms. The van der Waals surface area contributed by atoms with Crippen molar-refractivity contribution in [3.05, 3.63) is 47.5 Å². The quantitative estimate of drug-likeness (QED) is 0.848. The second-order valence-electron chi connectivity index (χ2n) is 4.85. The van der Waals surface area contributed by atoms with Crippen LogP contribution in [0, 0.1) is 6.07 Å². The topological polar surface area (TPSA) is 63.4 Å². The molecule has 4 nitrogen and oxygen atoms in total. The average Bonchev–Trinajstić information content (AvgIpc) is 2.45. The van der Waals surface area contributed by atoms with Gasteiger partial charge in [-0.1, -0.05) is 37.3 Å². The van der Waals surface area contributed by atoms with Gasteiger partial charge in [-0.25, -0.2) is 0 Å². The Hall–Kier alpha value is -2.10. The molecule has 0 saturated carbocycles. The van der Waals surface area contributed by atoms with Crippen molar-refractivity contribution < 1.29 is 9.59 Å². The largest absolute Gasteiger partial charge is 0.368 e. The van der Waals surface area contributed by atoms with Crippen LogP contribution in [0.2, 0.25) is 0 Å². The van der Waals surface area contributed by atoms with Gasteiger partial charge in [-0.3, -0.25) is 9.59 Å². The van der Waals surface area contributed by atoms with Crippen LogP contribution in [-0.2, 0) is 16.0 Å². The van der Waals surface area contributed by atoms with E-state index in [9.17, 15) is 9.59 Å². The maximum Gasteiger partial charge on any atom is 0.244 e. The summed E-state index contributed by atoms with van der Waals surface area (Å²) in [5, 5.41) is 0. The van der Waals surface area contributed by atoms with Crippen LogP contribution in [0.5, 0.6) is 0 Å². The summed E-state index contributed by atoms with van der Waals surface area (Å²) in [4.78, 5) is 25.6. The summed E-state index contributed by atoms with van der Waals surface area (Å²) >= 11 is 0. The van der Waals surface area contributed by atoms with E-state index < -0.39 is 11.9 Å². The predicted molar refractivity (Wildman–Crippen MR) is 76.7 cm³/mol. The Balaban J connectivity index is 2.24. The van der Waals surface area contributed by atoms with Crippen LogP contribution in [0.1, 0.15) is 36.9 Å². The molecule has 1 unspecified atom stereocenters. The molecule has 0 aliphatic carbocycles. The lowest BCUT2D eigenvalue weighted by molar-refractivity contribution is -0.139. The van der Waals surface area contributed by atoms with E-state index in [1.807, 2.05) is 31.2 Å². The van der Waals surface area contributed by atoms with E-state index >= 15 is 0 Å². The maximum atomic E-state index is 12.3. The van der Waals surface area contributed by atoms with Crippen LogP contribution in [0.15, 0.2) is 30.4 Å². The fourth-order valence-electron chi connectivity index (χ4n) is 2.54. The molecule has 1 atom stereocenters. The number of amides is 2. The van der Waals surface area contributed by atoms with Crippen molar-refractivity contribution in [2.45, 2.75) is 32.2 Å². The van der Waals surface area contributed by atoms with Gasteiger partial charge in [0.15, 0.2) is 0 Å². The summed E-state index contributed by atoms with van der Waals surface area (Å²) in [6.45, 7) is 2.54. The van der Waals surface area contributed by atoms with Crippen LogP contribution in [0.25, 0.3) is 0 Å². The first-order valence-corrected chi connectivity index (χ1v) is 6.87. The Labute approximate surface area is 119 Å². The first-order chi connectivity index (χ1) is 9.65. The number of primary amides is 1. The third-order valence-corrected chi connectivity index (χ3v) is 3.50. The van der Waals surface area contributed by atoms with Gasteiger partial charge in [-0.05, 0) is 30.0 Å². The molecule has 2 amide bonds. The lowest BCUT2D eigenvalue weighted by Gasteiger charge is -2.35. The molecule has 20 heavy (non-hydrogen) atoms. The van der Waals surface area contributed by atoms with Crippen molar-refractivity contribution in [1.29, 1.82) is 0 Å². The number of carbonyl (C=O) groups excluding carboxylic acids is 2. The molecule has 1 heterocycles. The summed E-state index contributed by atoms with van der Waals surface area (Å²) in [5.41, 5.74) is 7.38. The molecule has 2 rings (SSSR count). The fourth-order valence-corrected chi connectivity index (χ4v) is 2.54. The summed E-state index contributed by atoms with van der Waals surface area (Å²) in [6, 6.07) is 7.78. The van der Waals surface area contributed by atoms with E-state index in [0.717, 1.165) is 24.0 Å². The van der Waals surface area contributed by atoms with Crippen LogP contribution in [0.4, 0.5) is 0 Å². The molecular formula is C16H19N2O2. The number of fused-ring (bicyclic) bond motifs is 1. The predicted octanol–water partition coefficient (Wildman–Crippen LogP) is 1.75. The van der Waals surface area contributed by atoms with Gasteiger partial charge in [0.05, 0.1) is 0 Å². The summed E-state index contributed by atoms with van der Waals surface area (Å²) < 4.78 is 0. The van der Waals surface area contributed by atoms with E-state index in [4.69, 9.17) is 5.73 Å². The molecule has 2 N–H and O–H groups in total. The Bertz CT molecular complexity index is 537. The summed E-state index contributed by atoms with van der Waals surface area (Å²) in [6.07, 6.45) is 5.73. The minimum atomic E-state index is -0.657. The zero-order chi connectivity index (χ0) is 14.5. The van der Waals surface area contributed by atoms with Crippen molar-refractivity contribution in [1.82, 2.24) is 4.90 Å². The van der Waals surface area contributed by atoms with Crippen LogP contribution in [0.3, 0.4) is 0 Å². The van der Waals surface area contributed by atoms with Gasteiger partial charge in [0.1, 0.15) is 6.04 Å². The van der Waals surface area contributed by atoms with Crippen molar-refractivity contribution >= 4 is 11.8 Å². The average molecular weight is 271 g/mol. The van der Waals surface area contributed by atoms with E-state index in [1.54, 1.807) is 11.0 Å². The second-order valence-corrected chi connectivity index (χ2v) is 4.85. The smallest absolute Gasteiger partial charge is 0.244 e. The third kappa shape index (κ3) is 2.90. The highest BCUT2D eigenvalue weighted by molar-refractivity contribution is 5.89. The lowest BCUT2D eigenvalue weighted by atomic mass is 9.92. The molecule has 0 aromatic heterocycles. The Morgan fingerprint density at radius 3 is 3.00 bits per heavy atom. The molecule has 105 valence electrons. The molecular weight excluding hydrogens is 252 g/mol. The Morgan fingerprint density at radius 1 is 1.50 bits per heavy atom. The van der Waals surface area contributed by atoms with Gasteiger partial charge in [-0.15, -0.1) is 0 Å². The van der Waals surface area contributed by atoms with Gasteiger partial charge in [0, 0.05) is 13.0 Å². The van der Waals surface area contributed by atoms with Gasteiger partial charge < -0.3 is 10.6 Å². The molecule has 0 fully saturated rings. The maximum absolute atomic E-state index is 12.3. The molecule has 0 saturated heterocycles. The SMILES string of the molecule is CCC=CCC(=O)N1CCc2c[c]ccc2C1C(N)=O. The highest BCUT2D eigenvalue weighted by Gasteiger charge is 2.33. The van der Waals surface area contributed by atoms with Gasteiger partial charge in [-0.2, -0.15) is 0 Å². The lowest BCUT2D eigenvalue weighted by Crippen LogP contribution is -2.45. The van der Waals surface area contributed by atoms with Crippen LogP contribution >= 0.6 is 0 Å². The number of nitrogens with zero attached hydrogens (tertiary/aromatic N) is 1. The second kappa shape index (κ2) is 6.37. The van der Waals surface area contributed by atoms with Crippen molar-refractivity contribution in [3.63, 3.8) is 0 Å². The molecule has 1 radical (unpaired) electrons. The monoisotopic (exact) mass is 271 g/mol. The Kier molecular flexibility index (Phi) is 4.56. The first-order valence-electron chi connectivity index (χ1n) is 6.87. The highest BCUT2D eigenvalue weighted by Crippen LogP contribution is 2.29. The number of carbonyl (C=O) groups is 2. The minimum Gasteiger partial charge on any atom is -0.368 e. The van der Waals surface area contributed by atoms with Crippen molar-refractivity contribution in [3.8, 4) is 0 Å². The van der Waals surface area contributed by atoms with E-state index in [1.165, 1.54) is 0 Å². The summed E-state index contributed by atoms with van der Waals surface area (Å²) in [7, 11) is 0. The number of benzene rings is 1. The standard InChI is InChI=1S/C16H19N2O2/c1-2-3-4-9-14(19)18-11-10-12-7-5-6-8-13(12)15(18)16(17)20/h3-4,6-8,15H,2,9-11H2,1H3,(H2,17,20). The third-order valence-electron chi connectivity index (χ3n) is 3.50. The number of rotatable bonds is 4. The number of hydrogen-bond donors (Lipinski definition) is 1. The normalized spacial score (nSPS) is 18.1. The number of nitrogens with two attached hydrogens (primary N) is 1. The molecule has 1 aromatic carbocycles. The van der Waals surface area contributed by atoms with Gasteiger partial charge >= 0.3 is 0 Å². The zero-order valence-electron chi connectivity index (χ0n) is 11.6. The zero-order valence-corrected chi connectivity index (χ0v) is 11.6. The molecule has 0 spiro atoms. The van der Waals surface area contributed by atoms with Crippen molar-refractivity contribution in [2.75, 3.05) is 6.54 Å². The van der Waals surface area contributed by atoms with Crippen LogP contribution < -0.4 is 5.73 Å². The Morgan fingerprint density at radius 2 is 2.30 bits per heavy atom. The molecule has 1 aliphatic rings. The van der Waals surface area contributed by atoms with E-state index in [2.05, 4.69) is 6.07 Å². The fraction of sp³-hybridized carbons (Fsp3) is 0.375. The molecule has 1 aromatic rings. The molecule has 4 heteroatoms. The van der Waals surface area contributed by atoms with Gasteiger partial charge in [0.25, 0.3) is 0 Å². The number of hydrogen-bond acceptors (Lipinski definition) is 2. The van der Waals surface area contributed by atoms with Crippen LogP contribution in [-0.4, -0.2) is 23.3 Å². The highest BCUT2D eigenvalue weighted by atomic mass is 16.2. The van der Waals surface area contributed by atoms with Gasteiger partial charge in [0.2, 0.25) is 11.8 Å². The first kappa shape index (κ1) is 14.3. The summed E-state index contributed by atoms with van der Waals surface area (Å²) in [5.74, 6) is -0.540. The molecule has 1 aliphatic heterocycles. The van der Waals surface area contributed by atoms with Crippen molar-refractivity contribution in [2.24, 2.45) is 5.73 Å². The number of allylic oxidation sites excluding steroid dienone is 1.